The van der Waals surface area contributed by atoms with E-state index in [0.717, 1.165) is 28.3 Å². The summed E-state index contributed by atoms with van der Waals surface area (Å²) in [4.78, 5) is 12.5. The smallest absolute Gasteiger partial charge is 0.255 e. The number of benzene rings is 3. The summed E-state index contributed by atoms with van der Waals surface area (Å²) >= 11 is 0. The number of carbonyl (C=O) groups is 1. The van der Waals surface area contributed by atoms with Gasteiger partial charge in [-0.25, -0.2) is 0 Å². The van der Waals surface area contributed by atoms with Gasteiger partial charge in [0.25, 0.3) is 5.91 Å². The van der Waals surface area contributed by atoms with Crippen LogP contribution in [-0.2, 0) is 6.54 Å². The molecule has 1 unspecified atom stereocenters. The minimum atomic E-state index is -0.165. The van der Waals surface area contributed by atoms with Crippen LogP contribution in [0.15, 0.2) is 66.7 Å². The molecule has 1 atom stereocenters. The van der Waals surface area contributed by atoms with Gasteiger partial charge in [0.15, 0.2) is 0 Å². The molecule has 6 heteroatoms. The largest absolute Gasteiger partial charge is 0.497 e. The highest BCUT2D eigenvalue weighted by atomic mass is 16.5. The number of nitrogens with one attached hydrogen (secondary N) is 2. The number of carbonyl (C=O) groups excluding carboxylic acids is 1. The second-order valence-corrected chi connectivity index (χ2v) is 7.09. The van der Waals surface area contributed by atoms with E-state index < -0.39 is 0 Å². The molecule has 0 aromatic heterocycles. The first kappa shape index (κ1) is 22.2. The van der Waals surface area contributed by atoms with Crippen molar-refractivity contribution in [1.82, 2.24) is 5.32 Å². The van der Waals surface area contributed by atoms with Crippen LogP contribution in [0.25, 0.3) is 0 Å². The molecular weight excluding hydrogens is 392 g/mol. The van der Waals surface area contributed by atoms with E-state index >= 15 is 0 Å². The number of hydrogen-bond donors (Lipinski definition) is 2. The van der Waals surface area contributed by atoms with Gasteiger partial charge in [0.05, 0.1) is 21.3 Å². The van der Waals surface area contributed by atoms with Gasteiger partial charge >= 0.3 is 0 Å². The summed E-state index contributed by atoms with van der Waals surface area (Å²) in [5.41, 5.74) is 3.39. The second kappa shape index (κ2) is 10.5. The van der Waals surface area contributed by atoms with Gasteiger partial charge in [0, 0.05) is 29.4 Å². The number of hydrogen-bond acceptors (Lipinski definition) is 5. The lowest BCUT2D eigenvalue weighted by Gasteiger charge is -2.18. The van der Waals surface area contributed by atoms with Gasteiger partial charge in [-0.1, -0.05) is 12.1 Å². The van der Waals surface area contributed by atoms with E-state index in [0.29, 0.717) is 17.9 Å². The molecule has 0 bridgehead atoms. The van der Waals surface area contributed by atoms with Crippen molar-refractivity contribution in [2.75, 3.05) is 26.6 Å². The van der Waals surface area contributed by atoms with Gasteiger partial charge < -0.3 is 24.8 Å². The van der Waals surface area contributed by atoms with Gasteiger partial charge in [0.2, 0.25) is 0 Å². The van der Waals surface area contributed by atoms with E-state index in [-0.39, 0.29) is 11.9 Å². The van der Waals surface area contributed by atoms with E-state index in [2.05, 4.69) is 17.6 Å². The number of ether oxygens (including phenoxy) is 3. The summed E-state index contributed by atoms with van der Waals surface area (Å²) in [6, 6.07) is 20.6. The monoisotopic (exact) mass is 420 g/mol. The Labute approximate surface area is 183 Å². The lowest BCUT2D eigenvalue weighted by molar-refractivity contribution is 0.102. The highest BCUT2D eigenvalue weighted by molar-refractivity contribution is 6.04. The molecule has 0 fully saturated rings. The van der Waals surface area contributed by atoms with Gasteiger partial charge in [-0.05, 0) is 67.1 Å². The minimum Gasteiger partial charge on any atom is -0.497 e. The zero-order chi connectivity index (χ0) is 22.2. The van der Waals surface area contributed by atoms with Crippen LogP contribution in [0, 0.1) is 0 Å². The highest BCUT2D eigenvalue weighted by Crippen LogP contribution is 2.29. The molecule has 1 amide bonds. The standard InChI is InChI=1S/C25H28N2O4/c1-17(23-15-22(30-3)12-13-24(23)31-4)26-16-18-6-5-7-20(14-18)27-25(28)19-8-10-21(29-2)11-9-19/h5-15,17,26H,16H2,1-4H3,(H,27,28). The van der Waals surface area contributed by atoms with Crippen LogP contribution < -0.4 is 24.8 Å². The average Bonchev–Trinajstić information content (AvgIpc) is 2.82. The molecule has 162 valence electrons. The maximum Gasteiger partial charge on any atom is 0.255 e. The zero-order valence-corrected chi connectivity index (χ0v) is 18.3. The first-order valence-corrected chi connectivity index (χ1v) is 10.0. The van der Waals surface area contributed by atoms with E-state index in [4.69, 9.17) is 14.2 Å². The maximum atomic E-state index is 12.5. The third kappa shape index (κ3) is 5.77. The zero-order valence-electron chi connectivity index (χ0n) is 18.3. The Bertz CT molecular complexity index is 1020. The molecule has 0 aliphatic rings. The Hall–Kier alpha value is -3.51. The van der Waals surface area contributed by atoms with Crippen molar-refractivity contribution in [1.29, 1.82) is 0 Å². The molecular formula is C25H28N2O4. The predicted octanol–water partition coefficient (Wildman–Crippen LogP) is 4.82. The summed E-state index contributed by atoms with van der Waals surface area (Å²) in [7, 11) is 4.91. The van der Waals surface area contributed by atoms with Crippen LogP contribution in [0.1, 0.15) is 34.5 Å². The van der Waals surface area contributed by atoms with E-state index in [1.54, 1.807) is 45.6 Å². The predicted molar refractivity (Wildman–Crippen MR) is 122 cm³/mol. The van der Waals surface area contributed by atoms with Gasteiger partial charge in [-0.2, -0.15) is 0 Å². The van der Waals surface area contributed by atoms with Crippen LogP contribution in [0.2, 0.25) is 0 Å². The summed E-state index contributed by atoms with van der Waals surface area (Å²) in [6.07, 6.45) is 0. The summed E-state index contributed by atoms with van der Waals surface area (Å²) in [6.45, 7) is 2.71. The third-order valence-corrected chi connectivity index (χ3v) is 5.05. The van der Waals surface area contributed by atoms with Crippen molar-refractivity contribution in [2.24, 2.45) is 0 Å². The van der Waals surface area contributed by atoms with Crippen molar-refractivity contribution in [2.45, 2.75) is 19.5 Å². The molecule has 0 spiro atoms. The average molecular weight is 421 g/mol. The Morgan fingerprint density at radius 1 is 0.871 bits per heavy atom. The fourth-order valence-electron chi connectivity index (χ4n) is 3.26. The first-order chi connectivity index (χ1) is 15.0. The summed E-state index contributed by atoms with van der Waals surface area (Å²) < 4.78 is 16.0. The van der Waals surface area contributed by atoms with Gasteiger partial charge in [0.1, 0.15) is 17.2 Å². The molecule has 0 aliphatic carbocycles. The molecule has 31 heavy (non-hydrogen) atoms. The van der Waals surface area contributed by atoms with Crippen LogP contribution in [0.5, 0.6) is 17.2 Å². The van der Waals surface area contributed by atoms with E-state index in [9.17, 15) is 4.79 Å². The summed E-state index contributed by atoms with van der Waals surface area (Å²) in [5.74, 6) is 2.14. The Morgan fingerprint density at radius 3 is 2.26 bits per heavy atom. The quantitative estimate of drug-likeness (QED) is 0.520. The van der Waals surface area contributed by atoms with Gasteiger partial charge in [-0.3, -0.25) is 4.79 Å². The van der Waals surface area contributed by atoms with Crippen molar-refractivity contribution >= 4 is 11.6 Å². The number of amides is 1. The molecule has 2 N–H and O–H groups in total. The number of rotatable bonds is 9. The Morgan fingerprint density at radius 2 is 1.58 bits per heavy atom. The normalized spacial score (nSPS) is 11.5. The SMILES string of the molecule is COc1ccc(C(=O)Nc2cccc(CNC(C)c3cc(OC)ccc3OC)c2)cc1. The lowest BCUT2D eigenvalue weighted by Crippen LogP contribution is -2.19. The molecule has 0 aliphatic heterocycles. The molecule has 0 radical (unpaired) electrons. The van der Waals surface area contributed by atoms with Crippen LogP contribution in [-0.4, -0.2) is 27.2 Å². The molecule has 3 aromatic carbocycles. The Balaban J connectivity index is 1.64. The lowest BCUT2D eigenvalue weighted by atomic mass is 10.1. The highest BCUT2D eigenvalue weighted by Gasteiger charge is 2.13. The maximum absolute atomic E-state index is 12.5. The van der Waals surface area contributed by atoms with Crippen LogP contribution >= 0.6 is 0 Å². The third-order valence-electron chi connectivity index (χ3n) is 5.05. The van der Waals surface area contributed by atoms with Gasteiger partial charge in [-0.15, -0.1) is 0 Å². The molecule has 0 saturated carbocycles. The van der Waals surface area contributed by atoms with Crippen molar-refractivity contribution in [3.05, 3.63) is 83.4 Å². The number of anilines is 1. The molecule has 0 heterocycles. The van der Waals surface area contributed by atoms with Crippen molar-refractivity contribution in [3.8, 4) is 17.2 Å². The first-order valence-electron chi connectivity index (χ1n) is 10.0. The summed E-state index contributed by atoms with van der Waals surface area (Å²) in [5, 5.41) is 6.45. The van der Waals surface area contributed by atoms with Crippen LogP contribution in [0.4, 0.5) is 5.69 Å². The van der Waals surface area contributed by atoms with Crippen molar-refractivity contribution < 1.29 is 19.0 Å². The van der Waals surface area contributed by atoms with E-state index in [1.165, 1.54) is 0 Å². The second-order valence-electron chi connectivity index (χ2n) is 7.09. The van der Waals surface area contributed by atoms with E-state index in [1.807, 2.05) is 42.5 Å². The van der Waals surface area contributed by atoms with Crippen molar-refractivity contribution in [3.63, 3.8) is 0 Å². The molecule has 0 saturated heterocycles. The number of methoxy groups -OCH3 is 3. The fraction of sp³-hybridized carbons (Fsp3) is 0.240. The fourth-order valence-corrected chi connectivity index (χ4v) is 3.26. The minimum absolute atomic E-state index is 0.0441. The molecule has 3 rings (SSSR count). The molecule has 6 nitrogen and oxygen atoms in total. The molecule has 3 aromatic rings. The Kier molecular flexibility index (Phi) is 7.51. The topological polar surface area (TPSA) is 68.8 Å². The van der Waals surface area contributed by atoms with Crippen LogP contribution in [0.3, 0.4) is 0 Å².